The van der Waals surface area contributed by atoms with Crippen LogP contribution in [0, 0.1) is 11.6 Å². The van der Waals surface area contributed by atoms with Gasteiger partial charge in [-0.3, -0.25) is 14.5 Å². The zero-order valence-electron chi connectivity index (χ0n) is 11.1. The van der Waals surface area contributed by atoms with E-state index in [1.165, 1.54) is 20.8 Å². The number of carbonyl (C=O) groups excluding carboxylic acids is 2. The van der Waals surface area contributed by atoms with Gasteiger partial charge in [-0.05, 0) is 42.8 Å². The third-order valence-electron chi connectivity index (χ3n) is 3.21. The molecule has 1 saturated heterocycles. The van der Waals surface area contributed by atoms with Crippen molar-refractivity contribution >= 4 is 33.4 Å². The molecule has 1 aliphatic heterocycles. The van der Waals surface area contributed by atoms with E-state index in [0.717, 1.165) is 17.0 Å². The van der Waals surface area contributed by atoms with E-state index in [-0.39, 0.29) is 10.2 Å². The fourth-order valence-electron chi connectivity index (χ4n) is 2.07. The molecule has 1 heterocycles. The molecular formula is C13H13BrF2N2O2. The van der Waals surface area contributed by atoms with Crippen molar-refractivity contribution in [3.8, 4) is 0 Å². The third kappa shape index (κ3) is 2.30. The summed E-state index contributed by atoms with van der Waals surface area (Å²) in [6, 6.07) is 0.928. The maximum absolute atomic E-state index is 14.0. The number of rotatable bonds is 1. The summed E-state index contributed by atoms with van der Waals surface area (Å²) in [6.45, 7) is 4.49. The van der Waals surface area contributed by atoms with Crippen molar-refractivity contribution in [1.82, 2.24) is 5.32 Å². The molecule has 108 valence electrons. The van der Waals surface area contributed by atoms with E-state index in [4.69, 9.17) is 0 Å². The minimum atomic E-state index is -1.17. The molecule has 2 rings (SSSR count). The first-order valence-corrected chi connectivity index (χ1v) is 6.74. The number of piperazine rings is 1. The Morgan fingerprint density at radius 3 is 2.45 bits per heavy atom. The van der Waals surface area contributed by atoms with Crippen LogP contribution in [-0.4, -0.2) is 23.4 Å². The first-order chi connectivity index (χ1) is 9.15. The SMILES string of the molecule is CC1C(=O)NC(C)(C)C(=O)N1c1cc(F)c(Br)cc1F. The second-order valence-corrected chi connectivity index (χ2v) is 6.04. The lowest BCUT2D eigenvalue weighted by Gasteiger charge is -2.41. The molecule has 0 aliphatic carbocycles. The molecule has 4 nitrogen and oxygen atoms in total. The highest BCUT2D eigenvalue weighted by atomic mass is 79.9. The van der Waals surface area contributed by atoms with Crippen LogP contribution in [0.5, 0.6) is 0 Å². The fraction of sp³-hybridized carbons (Fsp3) is 0.385. The number of hydrogen-bond acceptors (Lipinski definition) is 2. The van der Waals surface area contributed by atoms with Crippen LogP contribution < -0.4 is 10.2 Å². The molecule has 0 saturated carbocycles. The lowest BCUT2D eigenvalue weighted by Crippen LogP contribution is -2.67. The number of hydrogen-bond donors (Lipinski definition) is 1. The molecule has 1 aromatic carbocycles. The third-order valence-corrected chi connectivity index (χ3v) is 3.81. The smallest absolute Gasteiger partial charge is 0.252 e. The Balaban J connectivity index is 2.57. The van der Waals surface area contributed by atoms with Gasteiger partial charge in [0, 0.05) is 6.07 Å². The van der Waals surface area contributed by atoms with Crippen molar-refractivity contribution in [2.24, 2.45) is 0 Å². The van der Waals surface area contributed by atoms with Gasteiger partial charge in [0.15, 0.2) is 0 Å². The fourth-order valence-corrected chi connectivity index (χ4v) is 2.39. The Labute approximate surface area is 123 Å². The highest BCUT2D eigenvalue weighted by Crippen LogP contribution is 2.31. The van der Waals surface area contributed by atoms with Crippen LogP contribution in [0.1, 0.15) is 20.8 Å². The summed E-state index contributed by atoms with van der Waals surface area (Å²) >= 11 is 2.87. The number of anilines is 1. The van der Waals surface area contributed by atoms with Crippen LogP contribution in [-0.2, 0) is 9.59 Å². The first-order valence-electron chi connectivity index (χ1n) is 5.95. The summed E-state index contributed by atoms with van der Waals surface area (Å²) in [5.41, 5.74) is -1.41. The Morgan fingerprint density at radius 1 is 1.25 bits per heavy atom. The number of amides is 2. The Kier molecular flexibility index (Phi) is 3.58. The molecule has 20 heavy (non-hydrogen) atoms. The summed E-state index contributed by atoms with van der Waals surface area (Å²) in [7, 11) is 0. The number of halogens is 3. The molecular weight excluding hydrogens is 334 g/mol. The van der Waals surface area contributed by atoms with E-state index in [1.807, 2.05) is 0 Å². The predicted molar refractivity (Wildman–Crippen MR) is 73.2 cm³/mol. The number of nitrogens with zero attached hydrogens (tertiary/aromatic N) is 1. The van der Waals surface area contributed by atoms with E-state index in [0.29, 0.717) is 0 Å². The Morgan fingerprint density at radius 2 is 1.85 bits per heavy atom. The molecule has 0 radical (unpaired) electrons. The van der Waals surface area contributed by atoms with Crippen molar-refractivity contribution in [2.75, 3.05) is 4.90 Å². The predicted octanol–water partition coefficient (Wildman–Crippen LogP) is 2.36. The molecule has 1 fully saturated rings. The molecule has 2 amide bonds. The van der Waals surface area contributed by atoms with Gasteiger partial charge in [0.25, 0.3) is 5.91 Å². The average molecular weight is 347 g/mol. The number of benzene rings is 1. The molecule has 1 atom stereocenters. The van der Waals surface area contributed by atoms with Crippen molar-refractivity contribution in [3.05, 3.63) is 28.2 Å². The molecule has 1 unspecified atom stereocenters. The normalized spacial score (nSPS) is 21.9. The minimum absolute atomic E-state index is 0.0421. The van der Waals surface area contributed by atoms with Crippen molar-refractivity contribution < 1.29 is 18.4 Å². The lowest BCUT2D eigenvalue weighted by molar-refractivity contribution is -0.136. The topological polar surface area (TPSA) is 49.4 Å². The van der Waals surface area contributed by atoms with Gasteiger partial charge in [-0.1, -0.05) is 0 Å². The second kappa shape index (κ2) is 4.80. The van der Waals surface area contributed by atoms with E-state index in [2.05, 4.69) is 21.2 Å². The van der Waals surface area contributed by atoms with Crippen LogP contribution in [0.4, 0.5) is 14.5 Å². The van der Waals surface area contributed by atoms with Crippen LogP contribution in [0.2, 0.25) is 0 Å². The second-order valence-electron chi connectivity index (χ2n) is 5.18. The summed E-state index contributed by atoms with van der Waals surface area (Å²) in [6.07, 6.45) is 0. The van der Waals surface area contributed by atoms with Crippen LogP contribution in [0.15, 0.2) is 16.6 Å². The van der Waals surface area contributed by atoms with E-state index >= 15 is 0 Å². The van der Waals surface area contributed by atoms with Gasteiger partial charge in [0.05, 0.1) is 10.2 Å². The van der Waals surface area contributed by atoms with Crippen LogP contribution in [0.25, 0.3) is 0 Å². The van der Waals surface area contributed by atoms with E-state index in [1.54, 1.807) is 0 Å². The van der Waals surface area contributed by atoms with Gasteiger partial charge < -0.3 is 5.32 Å². The molecule has 1 aromatic rings. The number of nitrogens with one attached hydrogen (secondary N) is 1. The quantitative estimate of drug-likeness (QED) is 0.793. The van der Waals surface area contributed by atoms with Gasteiger partial charge in [0.2, 0.25) is 5.91 Å². The standard InChI is InChI=1S/C13H13BrF2N2O2/c1-6-11(19)17-13(2,3)12(20)18(6)10-5-8(15)7(14)4-9(10)16/h4-6H,1-3H3,(H,17,19). The summed E-state index contributed by atoms with van der Waals surface area (Å²) in [5.74, 6) is -2.39. The number of carbonyl (C=O) groups is 2. The zero-order chi connectivity index (χ0) is 15.2. The maximum Gasteiger partial charge on any atom is 0.252 e. The summed E-state index contributed by atoms with van der Waals surface area (Å²) in [5, 5.41) is 2.54. The van der Waals surface area contributed by atoms with Crippen molar-refractivity contribution in [2.45, 2.75) is 32.4 Å². The van der Waals surface area contributed by atoms with Crippen molar-refractivity contribution in [3.63, 3.8) is 0 Å². The van der Waals surface area contributed by atoms with Crippen LogP contribution >= 0.6 is 15.9 Å². The summed E-state index contributed by atoms with van der Waals surface area (Å²) < 4.78 is 27.6. The monoisotopic (exact) mass is 346 g/mol. The Bertz CT molecular complexity index is 604. The first kappa shape index (κ1) is 14.9. The average Bonchev–Trinajstić information content (AvgIpc) is 2.33. The largest absolute Gasteiger partial charge is 0.340 e. The van der Waals surface area contributed by atoms with Gasteiger partial charge in [-0.25, -0.2) is 8.78 Å². The Hall–Kier alpha value is -1.50. The lowest BCUT2D eigenvalue weighted by atomic mass is 9.96. The van der Waals surface area contributed by atoms with Gasteiger partial charge in [-0.2, -0.15) is 0 Å². The van der Waals surface area contributed by atoms with Gasteiger partial charge in [0.1, 0.15) is 23.2 Å². The van der Waals surface area contributed by atoms with Gasteiger partial charge >= 0.3 is 0 Å². The molecule has 0 aromatic heterocycles. The molecule has 1 N–H and O–H groups in total. The van der Waals surface area contributed by atoms with Crippen molar-refractivity contribution in [1.29, 1.82) is 0 Å². The maximum atomic E-state index is 14.0. The molecule has 7 heteroatoms. The molecule has 1 aliphatic rings. The molecule has 0 spiro atoms. The zero-order valence-corrected chi connectivity index (χ0v) is 12.7. The molecule has 0 bridgehead atoms. The minimum Gasteiger partial charge on any atom is -0.340 e. The van der Waals surface area contributed by atoms with E-state index < -0.39 is 35.0 Å². The van der Waals surface area contributed by atoms with E-state index in [9.17, 15) is 18.4 Å². The highest BCUT2D eigenvalue weighted by Gasteiger charge is 2.45. The van der Waals surface area contributed by atoms with Gasteiger partial charge in [-0.15, -0.1) is 0 Å². The summed E-state index contributed by atoms with van der Waals surface area (Å²) in [4.78, 5) is 25.2. The highest BCUT2D eigenvalue weighted by molar-refractivity contribution is 9.10. The van der Waals surface area contributed by atoms with Crippen LogP contribution in [0.3, 0.4) is 0 Å².